The molecule has 0 amide bonds. The summed E-state index contributed by atoms with van der Waals surface area (Å²) >= 11 is 0. The van der Waals surface area contributed by atoms with Gasteiger partial charge in [0.2, 0.25) is 0 Å². The number of anilines is 1. The van der Waals surface area contributed by atoms with Crippen LogP contribution in [0.1, 0.15) is 0 Å². The summed E-state index contributed by atoms with van der Waals surface area (Å²) in [4.78, 5) is 0. The van der Waals surface area contributed by atoms with Crippen LogP contribution in [0.5, 0.6) is 0 Å². The fourth-order valence-electron chi connectivity index (χ4n) is 1.88. The van der Waals surface area contributed by atoms with Crippen LogP contribution in [-0.2, 0) is 0 Å². The molecule has 8 heteroatoms. The Kier molecular flexibility index (Phi) is 3.05. The number of nitrogens with two attached hydrogens (primary N) is 1. The molecule has 0 bridgehead atoms. The van der Waals surface area contributed by atoms with E-state index in [0.717, 1.165) is 18.2 Å². The van der Waals surface area contributed by atoms with E-state index in [4.69, 9.17) is 5.73 Å². The van der Waals surface area contributed by atoms with Crippen molar-refractivity contribution in [3.8, 4) is 17.1 Å². The Morgan fingerprint density at radius 1 is 0.952 bits per heavy atom. The van der Waals surface area contributed by atoms with Gasteiger partial charge in [-0.05, 0) is 40.8 Å². The van der Waals surface area contributed by atoms with Gasteiger partial charge in [-0.2, -0.15) is 4.68 Å². The van der Waals surface area contributed by atoms with Crippen LogP contribution in [0.15, 0.2) is 36.4 Å². The van der Waals surface area contributed by atoms with Crippen molar-refractivity contribution in [2.24, 2.45) is 0 Å². The normalized spacial score (nSPS) is 10.8. The van der Waals surface area contributed by atoms with Gasteiger partial charge < -0.3 is 5.73 Å². The first-order valence-corrected chi connectivity index (χ1v) is 5.85. The van der Waals surface area contributed by atoms with Crippen molar-refractivity contribution in [3.63, 3.8) is 0 Å². The number of nitrogen functional groups attached to an aromatic ring is 1. The zero-order chi connectivity index (χ0) is 15.0. The third kappa shape index (κ3) is 2.31. The molecule has 1 heterocycles. The van der Waals surface area contributed by atoms with E-state index in [0.29, 0.717) is 5.56 Å². The zero-order valence-electron chi connectivity index (χ0n) is 10.5. The Labute approximate surface area is 116 Å². The standard InChI is InChI=1S/C13H8F3N5/c14-7-1-3-9(12(17)5-7)13-18-19-20-21(13)8-2-4-10(15)11(16)6-8/h1-6H,17H2. The van der Waals surface area contributed by atoms with Crippen molar-refractivity contribution >= 4 is 5.69 Å². The van der Waals surface area contributed by atoms with E-state index < -0.39 is 17.5 Å². The average Bonchev–Trinajstić information content (AvgIpc) is 2.91. The van der Waals surface area contributed by atoms with Crippen LogP contribution in [0.4, 0.5) is 18.9 Å². The second-order valence-electron chi connectivity index (χ2n) is 4.24. The smallest absolute Gasteiger partial charge is 0.189 e. The molecule has 2 N–H and O–H groups in total. The maximum absolute atomic E-state index is 13.3. The molecular formula is C13H8F3N5. The second kappa shape index (κ2) is 4.89. The third-order valence-corrected chi connectivity index (χ3v) is 2.87. The number of nitrogens with zero attached hydrogens (tertiary/aromatic N) is 4. The molecule has 0 aliphatic carbocycles. The Morgan fingerprint density at radius 3 is 2.48 bits per heavy atom. The summed E-state index contributed by atoms with van der Waals surface area (Å²) in [5.74, 6) is -2.31. The molecule has 3 aromatic rings. The minimum Gasteiger partial charge on any atom is -0.398 e. The van der Waals surface area contributed by atoms with Gasteiger partial charge in [-0.25, -0.2) is 13.2 Å². The van der Waals surface area contributed by atoms with Gasteiger partial charge in [0, 0.05) is 17.3 Å². The van der Waals surface area contributed by atoms with E-state index in [1.165, 1.54) is 22.9 Å². The highest BCUT2D eigenvalue weighted by atomic mass is 19.2. The molecule has 0 saturated carbocycles. The lowest BCUT2D eigenvalue weighted by molar-refractivity contribution is 0.507. The van der Waals surface area contributed by atoms with Gasteiger partial charge in [0.15, 0.2) is 17.5 Å². The molecule has 5 nitrogen and oxygen atoms in total. The van der Waals surface area contributed by atoms with Crippen LogP contribution in [0.2, 0.25) is 0 Å². The third-order valence-electron chi connectivity index (χ3n) is 2.87. The first kappa shape index (κ1) is 13.1. The molecule has 0 unspecified atom stereocenters. The van der Waals surface area contributed by atoms with Gasteiger partial charge >= 0.3 is 0 Å². The van der Waals surface area contributed by atoms with Gasteiger partial charge in [-0.3, -0.25) is 0 Å². The van der Waals surface area contributed by atoms with Crippen molar-refractivity contribution < 1.29 is 13.2 Å². The molecule has 0 fully saturated rings. The molecule has 106 valence electrons. The summed E-state index contributed by atoms with van der Waals surface area (Å²) in [5.41, 5.74) is 6.46. The molecule has 2 aromatic carbocycles. The molecular weight excluding hydrogens is 283 g/mol. The lowest BCUT2D eigenvalue weighted by Gasteiger charge is -2.07. The van der Waals surface area contributed by atoms with Crippen molar-refractivity contribution in [1.82, 2.24) is 20.2 Å². The number of benzene rings is 2. The monoisotopic (exact) mass is 291 g/mol. The summed E-state index contributed by atoms with van der Waals surface area (Å²) in [5, 5.41) is 11.0. The SMILES string of the molecule is Nc1cc(F)ccc1-c1nnnn1-c1ccc(F)c(F)c1. The fraction of sp³-hybridized carbons (Fsp3) is 0. The van der Waals surface area contributed by atoms with E-state index in [2.05, 4.69) is 15.5 Å². The van der Waals surface area contributed by atoms with Gasteiger partial charge in [0.25, 0.3) is 0 Å². The number of hydrogen-bond acceptors (Lipinski definition) is 4. The highest BCUT2D eigenvalue weighted by Crippen LogP contribution is 2.26. The lowest BCUT2D eigenvalue weighted by Crippen LogP contribution is -2.03. The van der Waals surface area contributed by atoms with Gasteiger partial charge in [-0.15, -0.1) is 5.10 Å². The highest BCUT2D eigenvalue weighted by molar-refractivity contribution is 5.72. The van der Waals surface area contributed by atoms with Gasteiger partial charge in [0.1, 0.15) is 5.82 Å². The van der Waals surface area contributed by atoms with Crippen molar-refractivity contribution in [2.75, 3.05) is 5.73 Å². The zero-order valence-corrected chi connectivity index (χ0v) is 10.5. The summed E-state index contributed by atoms with van der Waals surface area (Å²) in [6.07, 6.45) is 0. The van der Waals surface area contributed by atoms with Crippen molar-refractivity contribution in [3.05, 3.63) is 53.8 Å². The Bertz CT molecular complexity index is 815. The lowest BCUT2D eigenvalue weighted by atomic mass is 10.1. The second-order valence-corrected chi connectivity index (χ2v) is 4.24. The summed E-state index contributed by atoms with van der Waals surface area (Å²) < 4.78 is 40.5. The topological polar surface area (TPSA) is 69.6 Å². The van der Waals surface area contributed by atoms with Crippen LogP contribution in [0.25, 0.3) is 17.1 Å². The predicted octanol–water partition coefficient (Wildman–Crippen LogP) is 2.33. The Morgan fingerprint density at radius 2 is 1.76 bits per heavy atom. The number of hydrogen-bond donors (Lipinski definition) is 1. The minimum absolute atomic E-state index is 0.133. The molecule has 0 saturated heterocycles. The van der Waals surface area contributed by atoms with Gasteiger partial charge in [0.05, 0.1) is 5.69 Å². The van der Waals surface area contributed by atoms with Crippen LogP contribution in [0.3, 0.4) is 0 Å². The maximum Gasteiger partial charge on any atom is 0.189 e. The van der Waals surface area contributed by atoms with Crippen LogP contribution in [0, 0.1) is 17.5 Å². The Balaban J connectivity index is 2.14. The predicted molar refractivity (Wildman–Crippen MR) is 68.9 cm³/mol. The highest BCUT2D eigenvalue weighted by Gasteiger charge is 2.15. The number of halogens is 3. The molecule has 0 spiro atoms. The summed E-state index contributed by atoms with van der Waals surface area (Å²) in [6.45, 7) is 0. The van der Waals surface area contributed by atoms with Gasteiger partial charge in [-0.1, -0.05) is 0 Å². The molecule has 0 aliphatic heterocycles. The average molecular weight is 291 g/mol. The van der Waals surface area contributed by atoms with E-state index >= 15 is 0 Å². The fourth-order valence-corrected chi connectivity index (χ4v) is 1.88. The first-order valence-electron chi connectivity index (χ1n) is 5.85. The number of aromatic nitrogens is 4. The van der Waals surface area contributed by atoms with Crippen molar-refractivity contribution in [1.29, 1.82) is 0 Å². The largest absolute Gasteiger partial charge is 0.398 e. The number of tetrazole rings is 1. The van der Waals surface area contributed by atoms with Crippen LogP contribution >= 0.6 is 0 Å². The minimum atomic E-state index is -1.03. The van der Waals surface area contributed by atoms with Crippen molar-refractivity contribution in [2.45, 2.75) is 0 Å². The molecule has 0 radical (unpaired) electrons. The molecule has 1 aromatic heterocycles. The Hall–Kier alpha value is -2.90. The maximum atomic E-state index is 13.3. The van der Waals surface area contributed by atoms with E-state index in [-0.39, 0.29) is 17.2 Å². The number of rotatable bonds is 2. The quantitative estimate of drug-likeness (QED) is 0.736. The molecule has 0 aliphatic rings. The van der Waals surface area contributed by atoms with Crippen LogP contribution in [-0.4, -0.2) is 20.2 Å². The van der Waals surface area contributed by atoms with Crippen LogP contribution < -0.4 is 5.73 Å². The molecule has 21 heavy (non-hydrogen) atoms. The first-order chi connectivity index (χ1) is 10.1. The van der Waals surface area contributed by atoms with E-state index in [1.807, 2.05) is 0 Å². The van der Waals surface area contributed by atoms with E-state index in [9.17, 15) is 13.2 Å². The van der Waals surface area contributed by atoms with E-state index in [1.54, 1.807) is 0 Å². The molecule has 3 rings (SSSR count). The summed E-state index contributed by atoms with van der Waals surface area (Å²) in [6, 6.07) is 6.97. The summed E-state index contributed by atoms with van der Waals surface area (Å²) in [7, 11) is 0. The molecule has 0 atom stereocenters.